The van der Waals surface area contributed by atoms with E-state index >= 15 is 0 Å². The molecule has 31 heavy (non-hydrogen) atoms. The van der Waals surface area contributed by atoms with E-state index in [-0.39, 0.29) is 30.1 Å². The van der Waals surface area contributed by atoms with Crippen molar-refractivity contribution in [3.63, 3.8) is 0 Å². The van der Waals surface area contributed by atoms with Crippen molar-refractivity contribution in [1.82, 2.24) is 4.90 Å². The number of amides is 1. The van der Waals surface area contributed by atoms with Crippen molar-refractivity contribution in [2.75, 3.05) is 18.1 Å². The van der Waals surface area contributed by atoms with Crippen molar-refractivity contribution >= 4 is 38.1 Å². The Morgan fingerprint density at radius 3 is 2.65 bits per heavy atom. The predicted octanol–water partition coefficient (Wildman–Crippen LogP) is 4.40. The number of carbonyl (C=O) groups excluding carboxylic acids is 1. The van der Waals surface area contributed by atoms with Crippen LogP contribution in [0.2, 0.25) is 5.02 Å². The van der Waals surface area contributed by atoms with Crippen LogP contribution in [0.3, 0.4) is 0 Å². The fourth-order valence-electron chi connectivity index (χ4n) is 3.99. The first-order valence-corrected chi connectivity index (χ1v) is 12.4. The Labute approximate surface area is 187 Å². The maximum atomic E-state index is 13.2. The number of benzene rings is 3. The van der Waals surface area contributed by atoms with E-state index in [1.54, 1.807) is 23.1 Å². The van der Waals surface area contributed by atoms with Crippen LogP contribution in [0.1, 0.15) is 17.5 Å². The van der Waals surface area contributed by atoms with Crippen LogP contribution < -0.4 is 4.74 Å². The van der Waals surface area contributed by atoms with Gasteiger partial charge in [-0.2, -0.15) is 0 Å². The predicted molar refractivity (Wildman–Crippen MR) is 123 cm³/mol. The zero-order valence-electron chi connectivity index (χ0n) is 17.3. The highest BCUT2D eigenvalue weighted by Crippen LogP contribution is 2.25. The number of halogens is 1. The van der Waals surface area contributed by atoms with Crippen LogP contribution in [0.5, 0.6) is 5.75 Å². The Balaban J connectivity index is 1.58. The van der Waals surface area contributed by atoms with Crippen LogP contribution in [-0.2, 0) is 21.2 Å². The number of rotatable bonds is 6. The molecule has 1 aliphatic rings. The van der Waals surface area contributed by atoms with Crippen molar-refractivity contribution in [3.05, 3.63) is 76.8 Å². The first-order chi connectivity index (χ1) is 14.8. The molecule has 1 amide bonds. The lowest BCUT2D eigenvalue weighted by Crippen LogP contribution is -2.43. The number of carbonyl (C=O) groups is 1. The van der Waals surface area contributed by atoms with Crippen molar-refractivity contribution in [3.8, 4) is 5.75 Å². The summed E-state index contributed by atoms with van der Waals surface area (Å²) >= 11 is 6.06. The Morgan fingerprint density at radius 2 is 1.90 bits per heavy atom. The van der Waals surface area contributed by atoms with Gasteiger partial charge in [0.05, 0.1) is 11.5 Å². The molecule has 1 unspecified atom stereocenters. The van der Waals surface area contributed by atoms with E-state index in [9.17, 15) is 13.2 Å². The molecule has 1 aliphatic heterocycles. The molecule has 1 heterocycles. The van der Waals surface area contributed by atoms with E-state index in [1.807, 2.05) is 49.4 Å². The normalized spacial score (nSPS) is 17.5. The van der Waals surface area contributed by atoms with Crippen LogP contribution in [0.25, 0.3) is 10.8 Å². The van der Waals surface area contributed by atoms with E-state index in [2.05, 4.69) is 0 Å². The van der Waals surface area contributed by atoms with Gasteiger partial charge in [0.2, 0.25) is 0 Å². The molecule has 0 radical (unpaired) electrons. The molecule has 3 aromatic rings. The molecular weight excluding hydrogens is 434 g/mol. The zero-order valence-corrected chi connectivity index (χ0v) is 18.8. The summed E-state index contributed by atoms with van der Waals surface area (Å²) in [5, 5.41) is 2.77. The molecule has 0 saturated carbocycles. The molecule has 7 heteroatoms. The lowest BCUT2D eigenvalue weighted by molar-refractivity contribution is -0.136. The van der Waals surface area contributed by atoms with Gasteiger partial charge in [-0.15, -0.1) is 0 Å². The molecule has 5 nitrogen and oxygen atoms in total. The van der Waals surface area contributed by atoms with Gasteiger partial charge in [-0.25, -0.2) is 8.42 Å². The van der Waals surface area contributed by atoms with Crippen molar-refractivity contribution < 1.29 is 17.9 Å². The number of hydrogen-bond acceptors (Lipinski definition) is 4. The van der Waals surface area contributed by atoms with Crippen molar-refractivity contribution in [2.45, 2.75) is 25.9 Å². The van der Waals surface area contributed by atoms with Gasteiger partial charge in [0, 0.05) is 17.6 Å². The van der Waals surface area contributed by atoms with E-state index in [0.717, 1.165) is 21.9 Å². The molecule has 0 spiro atoms. The molecule has 0 N–H and O–H groups in total. The van der Waals surface area contributed by atoms with Gasteiger partial charge in [0.15, 0.2) is 16.4 Å². The summed E-state index contributed by atoms with van der Waals surface area (Å²) in [5.41, 5.74) is 1.85. The van der Waals surface area contributed by atoms with Gasteiger partial charge in [0.1, 0.15) is 5.75 Å². The summed E-state index contributed by atoms with van der Waals surface area (Å²) in [6.07, 6.45) is 0.443. The summed E-state index contributed by atoms with van der Waals surface area (Å²) in [6, 6.07) is 18.8. The van der Waals surface area contributed by atoms with E-state index < -0.39 is 9.84 Å². The number of fused-ring (bicyclic) bond motifs is 1. The molecule has 4 rings (SSSR count). The number of ether oxygens (including phenoxy) is 1. The third-order valence-electron chi connectivity index (χ3n) is 5.68. The molecule has 0 bridgehead atoms. The van der Waals surface area contributed by atoms with Crippen LogP contribution >= 0.6 is 11.6 Å². The zero-order chi connectivity index (χ0) is 22.0. The average molecular weight is 458 g/mol. The Bertz CT molecular complexity index is 1220. The Hall–Kier alpha value is -2.57. The Kier molecular flexibility index (Phi) is 6.21. The quantitative estimate of drug-likeness (QED) is 0.550. The van der Waals surface area contributed by atoms with Crippen LogP contribution in [-0.4, -0.2) is 43.4 Å². The van der Waals surface area contributed by atoms with Crippen molar-refractivity contribution in [1.29, 1.82) is 0 Å². The van der Waals surface area contributed by atoms with E-state index in [0.29, 0.717) is 23.7 Å². The molecule has 1 fully saturated rings. The first kappa shape index (κ1) is 21.7. The van der Waals surface area contributed by atoms with E-state index in [4.69, 9.17) is 16.3 Å². The highest BCUT2D eigenvalue weighted by Gasteiger charge is 2.35. The SMILES string of the molecule is Cc1cc(OCC(=O)N(Cc2cccc3ccccc23)C2CCS(=O)(=O)C2)ccc1Cl. The smallest absolute Gasteiger partial charge is 0.261 e. The molecule has 0 aliphatic carbocycles. The first-order valence-electron chi connectivity index (χ1n) is 10.2. The minimum Gasteiger partial charge on any atom is -0.484 e. The minimum absolute atomic E-state index is 0.0104. The topological polar surface area (TPSA) is 63.7 Å². The maximum absolute atomic E-state index is 13.2. The number of nitrogens with zero attached hydrogens (tertiary/aromatic N) is 1. The number of aryl methyl sites for hydroxylation is 1. The second-order valence-corrected chi connectivity index (χ2v) is 10.6. The minimum atomic E-state index is -3.14. The second-order valence-electron chi connectivity index (χ2n) is 7.92. The molecule has 1 saturated heterocycles. The third-order valence-corrected chi connectivity index (χ3v) is 7.86. The molecule has 162 valence electrons. The molecule has 3 aromatic carbocycles. The molecule has 1 atom stereocenters. The van der Waals surface area contributed by atoms with E-state index in [1.165, 1.54) is 0 Å². The number of hydrogen-bond donors (Lipinski definition) is 0. The van der Waals surface area contributed by atoms with Gasteiger partial charge in [-0.3, -0.25) is 4.79 Å². The lowest BCUT2D eigenvalue weighted by atomic mass is 10.0. The fraction of sp³-hybridized carbons (Fsp3) is 0.292. The third kappa shape index (κ3) is 5.02. The highest BCUT2D eigenvalue weighted by molar-refractivity contribution is 7.91. The summed E-state index contributed by atoms with van der Waals surface area (Å²) in [4.78, 5) is 14.8. The van der Waals surface area contributed by atoms with Crippen LogP contribution in [0.15, 0.2) is 60.7 Å². The molecule has 0 aromatic heterocycles. The van der Waals surface area contributed by atoms with Crippen LogP contribution in [0, 0.1) is 6.92 Å². The summed E-state index contributed by atoms with van der Waals surface area (Å²) < 4.78 is 29.9. The lowest BCUT2D eigenvalue weighted by Gasteiger charge is -2.29. The Morgan fingerprint density at radius 1 is 1.13 bits per heavy atom. The molecular formula is C24H24ClNO4S. The fourth-order valence-corrected chi connectivity index (χ4v) is 5.84. The monoisotopic (exact) mass is 457 g/mol. The summed E-state index contributed by atoms with van der Waals surface area (Å²) in [7, 11) is -3.14. The largest absolute Gasteiger partial charge is 0.484 e. The van der Waals surface area contributed by atoms with Gasteiger partial charge in [-0.05, 0) is 53.4 Å². The second kappa shape index (κ2) is 8.89. The van der Waals surface area contributed by atoms with Crippen LogP contribution in [0.4, 0.5) is 0 Å². The average Bonchev–Trinajstić information content (AvgIpc) is 3.12. The highest BCUT2D eigenvalue weighted by atomic mass is 35.5. The maximum Gasteiger partial charge on any atom is 0.261 e. The summed E-state index contributed by atoms with van der Waals surface area (Å²) in [6.45, 7) is 2.04. The van der Waals surface area contributed by atoms with Gasteiger partial charge in [-0.1, -0.05) is 54.1 Å². The van der Waals surface area contributed by atoms with Gasteiger partial charge < -0.3 is 9.64 Å². The van der Waals surface area contributed by atoms with Crippen molar-refractivity contribution in [2.24, 2.45) is 0 Å². The summed E-state index contributed by atoms with van der Waals surface area (Å²) in [5.74, 6) is 0.416. The standard InChI is InChI=1S/C24H24ClNO4S/c1-17-13-21(9-10-23(17)25)30-15-24(27)26(20-11-12-31(28,29)16-20)14-19-7-4-6-18-5-2-3-8-22(18)19/h2-10,13,20H,11-12,14-16H2,1H3. The van der Waals surface area contributed by atoms with Gasteiger partial charge in [0.25, 0.3) is 5.91 Å². The number of sulfone groups is 1. The van der Waals surface area contributed by atoms with Gasteiger partial charge >= 0.3 is 0 Å².